The first-order chi connectivity index (χ1) is 16.2. The molecule has 178 valence electrons. The van der Waals surface area contributed by atoms with Crippen LogP contribution in [0.4, 0.5) is 15.8 Å². The maximum atomic E-state index is 14.1. The van der Waals surface area contributed by atoms with Crippen molar-refractivity contribution in [1.29, 1.82) is 0 Å². The van der Waals surface area contributed by atoms with Crippen LogP contribution in [0.25, 0.3) is 0 Å². The van der Waals surface area contributed by atoms with E-state index in [1.165, 1.54) is 29.5 Å². The van der Waals surface area contributed by atoms with Crippen LogP contribution in [0.1, 0.15) is 38.0 Å². The van der Waals surface area contributed by atoms with Gasteiger partial charge in [-0.2, -0.15) is 4.37 Å². The summed E-state index contributed by atoms with van der Waals surface area (Å²) < 4.78 is 22.8. The Morgan fingerprint density at radius 3 is 2.59 bits per heavy atom. The molecule has 0 aliphatic carbocycles. The molecule has 1 atom stereocenters. The number of nitrogens with zero attached hydrogens (tertiary/aromatic N) is 2. The van der Waals surface area contributed by atoms with E-state index < -0.39 is 42.1 Å². The van der Waals surface area contributed by atoms with Crippen molar-refractivity contribution >= 4 is 57.9 Å². The molecule has 0 saturated heterocycles. The minimum atomic E-state index is -1.30. The largest absolute Gasteiger partial charge is 0.465 e. The molecule has 2 heterocycles. The lowest BCUT2D eigenvalue weighted by molar-refractivity contribution is -0.143. The Morgan fingerprint density at radius 1 is 1.24 bits per heavy atom. The number of halogens is 1. The highest BCUT2D eigenvalue weighted by molar-refractivity contribution is 7.10. The number of esters is 1. The van der Waals surface area contributed by atoms with Gasteiger partial charge in [0.05, 0.1) is 12.3 Å². The van der Waals surface area contributed by atoms with E-state index in [2.05, 4.69) is 9.69 Å². The van der Waals surface area contributed by atoms with Gasteiger partial charge in [0.25, 0.3) is 11.8 Å². The van der Waals surface area contributed by atoms with E-state index in [0.29, 0.717) is 16.4 Å². The zero-order chi connectivity index (χ0) is 24.8. The first-order valence-electron chi connectivity index (χ1n) is 9.85. The lowest BCUT2D eigenvalue weighted by atomic mass is 10.1. The van der Waals surface area contributed by atoms with Gasteiger partial charge < -0.3 is 21.5 Å². The predicted octanol–water partition coefficient (Wildman–Crippen LogP) is 2.09. The number of hydrogen-bond donors (Lipinski definition) is 3. The number of carbonyl (C=O) groups excluding carboxylic acids is 4. The maximum Gasteiger partial charge on any atom is 0.325 e. The van der Waals surface area contributed by atoms with Crippen LogP contribution in [0.5, 0.6) is 0 Å². The molecule has 0 bridgehead atoms. The third-order valence-electron chi connectivity index (χ3n) is 4.49. The van der Waals surface area contributed by atoms with Crippen LogP contribution in [-0.4, -0.2) is 41.2 Å². The van der Waals surface area contributed by atoms with Crippen molar-refractivity contribution in [2.45, 2.75) is 13.0 Å². The second-order valence-corrected chi connectivity index (χ2v) is 8.49. The quantitative estimate of drug-likeness (QED) is 0.376. The number of anilines is 2. The van der Waals surface area contributed by atoms with Gasteiger partial charge in [-0.1, -0.05) is 12.1 Å². The summed E-state index contributed by atoms with van der Waals surface area (Å²) in [5.74, 6) is -3.76. The van der Waals surface area contributed by atoms with Gasteiger partial charge in [-0.3, -0.25) is 24.1 Å². The van der Waals surface area contributed by atoms with Gasteiger partial charge in [0.15, 0.2) is 11.7 Å². The molecule has 0 unspecified atom stereocenters. The van der Waals surface area contributed by atoms with Crippen LogP contribution in [0.15, 0.2) is 41.8 Å². The second kappa shape index (κ2) is 10.9. The molecule has 0 spiro atoms. The summed E-state index contributed by atoms with van der Waals surface area (Å²) >= 11 is 1.80. The molecule has 2 aromatic heterocycles. The van der Waals surface area contributed by atoms with Crippen LogP contribution in [0.3, 0.4) is 0 Å². The zero-order valence-electron chi connectivity index (χ0n) is 17.8. The Labute approximate surface area is 201 Å². The average molecular weight is 506 g/mol. The maximum absolute atomic E-state index is 14.1. The van der Waals surface area contributed by atoms with Crippen molar-refractivity contribution in [3.05, 3.63) is 63.0 Å². The number of hydrogen-bond acceptors (Lipinski definition) is 9. The number of primary amides is 1. The van der Waals surface area contributed by atoms with Crippen molar-refractivity contribution in [2.24, 2.45) is 5.73 Å². The molecule has 3 amide bonds. The minimum absolute atomic E-state index is 0.0445. The molecular formula is C21H20FN5O5S2. The zero-order valence-corrected chi connectivity index (χ0v) is 19.5. The molecule has 0 aliphatic heterocycles. The van der Waals surface area contributed by atoms with Crippen molar-refractivity contribution < 1.29 is 28.3 Å². The van der Waals surface area contributed by atoms with E-state index in [1.807, 2.05) is 0 Å². The van der Waals surface area contributed by atoms with Crippen LogP contribution < -0.4 is 21.7 Å². The average Bonchev–Trinajstić information content (AvgIpc) is 3.45. The summed E-state index contributed by atoms with van der Waals surface area (Å²) in [5.41, 5.74) is 10.7. The minimum Gasteiger partial charge on any atom is -0.465 e. The Bertz CT molecular complexity index is 1210. The van der Waals surface area contributed by atoms with Crippen molar-refractivity contribution in [3.8, 4) is 0 Å². The number of nitrogen functional groups attached to an aromatic ring is 1. The fourth-order valence-electron chi connectivity index (χ4n) is 3.04. The molecule has 0 radical (unpaired) electrons. The summed E-state index contributed by atoms with van der Waals surface area (Å²) in [6, 6.07) is 7.05. The Kier molecular flexibility index (Phi) is 7.91. The molecular weight excluding hydrogens is 485 g/mol. The number of carbonyl (C=O) groups is 4. The number of aromatic nitrogens is 1. The topological polar surface area (TPSA) is 158 Å². The van der Waals surface area contributed by atoms with Gasteiger partial charge in [-0.25, -0.2) is 4.39 Å². The molecule has 3 rings (SSSR count). The molecule has 34 heavy (non-hydrogen) atoms. The number of amides is 3. The van der Waals surface area contributed by atoms with E-state index in [0.717, 1.165) is 11.0 Å². The lowest BCUT2D eigenvalue weighted by Crippen LogP contribution is -2.45. The fourth-order valence-corrected chi connectivity index (χ4v) is 4.59. The number of nitrogens with two attached hydrogens (primary N) is 2. The molecule has 0 saturated carbocycles. The summed E-state index contributed by atoms with van der Waals surface area (Å²) in [5, 5.41) is 4.15. The standard InChI is InChI=1S/C21H20FN5O5S2/c1-2-32-14(28)10-25-20(30)17(13-7-4-8-33-13)27(12-6-3-5-11(22)9-12)21(31)18-15(23)16(19(24)29)26-34-18/h3-9,17H,2,10,23H2,1H3,(H2,24,29)(H,25,30)/t17-/m0/s1. The molecule has 0 aliphatic rings. The summed E-state index contributed by atoms with van der Waals surface area (Å²) in [7, 11) is 0. The van der Waals surface area contributed by atoms with Crippen LogP contribution >= 0.6 is 22.9 Å². The van der Waals surface area contributed by atoms with Crippen molar-refractivity contribution in [1.82, 2.24) is 9.69 Å². The third kappa shape index (κ3) is 5.38. The fraction of sp³-hybridized carbons (Fsp3) is 0.190. The smallest absolute Gasteiger partial charge is 0.325 e. The summed E-state index contributed by atoms with van der Waals surface area (Å²) in [6.45, 7) is 1.32. The molecule has 3 aromatic rings. The number of thiophene rings is 1. The molecule has 10 nitrogen and oxygen atoms in total. The molecule has 13 heteroatoms. The van der Waals surface area contributed by atoms with Crippen molar-refractivity contribution in [3.63, 3.8) is 0 Å². The van der Waals surface area contributed by atoms with Gasteiger partial charge in [0.1, 0.15) is 17.2 Å². The Morgan fingerprint density at radius 2 is 2.00 bits per heavy atom. The van der Waals surface area contributed by atoms with Crippen LogP contribution in [0.2, 0.25) is 0 Å². The normalized spacial score (nSPS) is 11.5. The molecule has 5 N–H and O–H groups in total. The van der Waals surface area contributed by atoms with E-state index in [9.17, 15) is 23.6 Å². The van der Waals surface area contributed by atoms with Gasteiger partial charge in [0, 0.05) is 10.6 Å². The summed E-state index contributed by atoms with van der Waals surface area (Å²) in [4.78, 5) is 51.6. The SMILES string of the molecule is CCOC(=O)CNC(=O)[C@H](c1cccs1)N(C(=O)c1snc(C(N)=O)c1N)c1cccc(F)c1. The monoisotopic (exact) mass is 505 g/mol. The van der Waals surface area contributed by atoms with Gasteiger partial charge >= 0.3 is 5.97 Å². The molecule has 1 aromatic carbocycles. The van der Waals surface area contributed by atoms with E-state index in [-0.39, 0.29) is 28.6 Å². The lowest BCUT2D eigenvalue weighted by Gasteiger charge is -2.30. The van der Waals surface area contributed by atoms with Gasteiger partial charge in [0.2, 0.25) is 5.91 Å². The Hall–Kier alpha value is -3.84. The van der Waals surface area contributed by atoms with Crippen LogP contribution in [0, 0.1) is 5.82 Å². The highest BCUT2D eigenvalue weighted by atomic mass is 32.1. The Balaban J connectivity index is 2.10. The van der Waals surface area contributed by atoms with Gasteiger partial charge in [-0.05, 0) is 48.1 Å². The number of rotatable bonds is 9. The van der Waals surface area contributed by atoms with E-state index in [4.69, 9.17) is 16.2 Å². The van der Waals surface area contributed by atoms with Gasteiger partial charge in [-0.15, -0.1) is 11.3 Å². The number of benzene rings is 1. The first-order valence-corrected chi connectivity index (χ1v) is 11.5. The molecule has 0 fully saturated rings. The van der Waals surface area contributed by atoms with Crippen molar-refractivity contribution in [2.75, 3.05) is 23.8 Å². The second-order valence-electron chi connectivity index (χ2n) is 6.73. The highest BCUT2D eigenvalue weighted by Crippen LogP contribution is 2.34. The van der Waals surface area contributed by atoms with E-state index >= 15 is 0 Å². The predicted molar refractivity (Wildman–Crippen MR) is 125 cm³/mol. The highest BCUT2D eigenvalue weighted by Gasteiger charge is 2.36. The summed E-state index contributed by atoms with van der Waals surface area (Å²) in [6.07, 6.45) is 0. The van der Waals surface area contributed by atoms with Crippen LogP contribution in [-0.2, 0) is 14.3 Å². The number of ether oxygens (including phenoxy) is 1. The van der Waals surface area contributed by atoms with E-state index in [1.54, 1.807) is 24.4 Å². The number of nitrogens with one attached hydrogen (secondary N) is 1. The first kappa shape index (κ1) is 24.8. The third-order valence-corrected chi connectivity index (χ3v) is 6.27.